The van der Waals surface area contributed by atoms with Crippen molar-refractivity contribution in [2.24, 2.45) is 0 Å². The second kappa shape index (κ2) is 5.28. The molecule has 118 valence electrons. The third kappa shape index (κ3) is 2.22. The molecular weight excluding hydrogens is 369 g/mol. The average molecular weight is 380 g/mol. The summed E-state index contributed by atoms with van der Waals surface area (Å²) in [7, 11) is 0. The van der Waals surface area contributed by atoms with Gasteiger partial charge in [-0.1, -0.05) is 6.07 Å². The van der Waals surface area contributed by atoms with E-state index < -0.39 is 17.7 Å². The Kier molecular flexibility index (Phi) is 3.35. The Labute approximate surface area is 139 Å². The molecule has 1 aromatic rings. The Morgan fingerprint density at radius 1 is 1.13 bits per heavy atom. The Balaban J connectivity index is 1.91. The summed E-state index contributed by atoms with van der Waals surface area (Å²) in [6, 6.07) is 4.49. The summed E-state index contributed by atoms with van der Waals surface area (Å²) in [5.74, 6) is -1.61. The minimum atomic E-state index is -0.565. The van der Waals surface area contributed by atoms with Crippen LogP contribution in [0.2, 0.25) is 0 Å². The van der Waals surface area contributed by atoms with Crippen LogP contribution in [0, 0.1) is 5.82 Å². The number of hydrogen-bond donors (Lipinski definition) is 1. The van der Waals surface area contributed by atoms with Crippen LogP contribution in [-0.2, 0) is 19.1 Å². The van der Waals surface area contributed by atoms with E-state index >= 15 is 0 Å². The van der Waals surface area contributed by atoms with Gasteiger partial charge in [0.1, 0.15) is 19.0 Å². The molecule has 7 heteroatoms. The van der Waals surface area contributed by atoms with E-state index in [1.807, 2.05) is 0 Å². The predicted molar refractivity (Wildman–Crippen MR) is 80.8 cm³/mol. The van der Waals surface area contributed by atoms with Gasteiger partial charge in [0.05, 0.1) is 22.3 Å². The molecule has 3 heterocycles. The molecule has 3 aliphatic heterocycles. The molecule has 5 nitrogen and oxygen atoms in total. The lowest BCUT2D eigenvalue weighted by atomic mass is 9.78. The van der Waals surface area contributed by atoms with Crippen molar-refractivity contribution in [1.82, 2.24) is 5.32 Å². The van der Waals surface area contributed by atoms with Crippen LogP contribution in [0.25, 0.3) is 0 Å². The quantitative estimate of drug-likeness (QED) is 0.755. The number of nitrogens with one attached hydrogen (secondary N) is 1. The van der Waals surface area contributed by atoms with Crippen molar-refractivity contribution in [3.8, 4) is 0 Å². The van der Waals surface area contributed by atoms with Crippen LogP contribution in [-0.4, -0.2) is 31.6 Å². The number of carbonyl (C=O) groups excluding carboxylic acids is 2. The van der Waals surface area contributed by atoms with Gasteiger partial charge in [-0.05, 0) is 33.6 Å². The zero-order valence-electron chi connectivity index (χ0n) is 11.8. The number of Topliss-reactive ketones (excluding diaryl/α,β-unsaturated/α-hetero) is 1. The number of hydrogen-bond acceptors (Lipinski definition) is 5. The predicted octanol–water partition coefficient (Wildman–Crippen LogP) is 1.94. The highest BCUT2D eigenvalue weighted by Crippen LogP contribution is 2.42. The fraction of sp³-hybridized carbons (Fsp3) is 0.250. The lowest BCUT2D eigenvalue weighted by molar-refractivity contribution is -0.136. The average Bonchev–Trinajstić information content (AvgIpc) is 2.90. The van der Waals surface area contributed by atoms with Gasteiger partial charge in [0, 0.05) is 17.2 Å². The summed E-state index contributed by atoms with van der Waals surface area (Å²) in [5, 5.41) is 3.09. The van der Waals surface area contributed by atoms with Crippen LogP contribution < -0.4 is 5.32 Å². The number of cyclic esters (lactones) is 1. The van der Waals surface area contributed by atoms with E-state index in [-0.39, 0.29) is 30.1 Å². The van der Waals surface area contributed by atoms with Crippen LogP contribution in [0.4, 0.5) is 4.39 Å². The molecule has 0 saturated heterocycles. The highest BCUT2D eigenvalue weighted by Gasteiger charge is 2.43. The van der Waals surface area contributed by atoms with Crippen molar-refractivity contribution in [3.05, 3.63) is 56.6 Å². The summed E-state index contributed by atoms with van der Waals surface area (Å²) in [6.07, 6.45) is 0. The molecule has 1 N–H and O–H groups in total. The molecule has 0 unspecified atom stereocenters. The molecule has 0 radical (unpaired) electrons. The number of esters is 1. The van der Waals surface area contributed by atoms with Gasteiger partial charge >= 0.3 is 5.97 Å². The summed E-state index contributed by atoms with van der Waals surface area (Å²) in [6.45, 7) is 0.375. The molecule has 3 aliphatic rings. The highest BCUT2D eigenvalue weighted by molar-refractivity contribution is 9.10. The van der Waals surface area contributed by atoms with E-state index in [0.717, 1.165) is 0 Å². The zero-order chi connectivity index (χ0) is 16.1. The smallest absolute Gasteiger partial charge is 0.337 e. The lowest BCUT2D eigenvalue weighted by Crippen LogP contribution is -2.37. The van der Waals surface area contributed by atoms with E-state index in [0.29, 0.717) is 28.1 Å². The summed E-state index contributed by atoms with van der Waals surface area (Å²) < 4.78 is 24.2. The molecule has 23 heavy (non-hydrogen) atoms. The third-order valence-corrected chi connectivity index (χ3v) is 4.76. The number of carbonyl (C=O) groups is 2. The minimum absolute atomic E-state index is 0.0307. The van der Waals surface area contributed by atoms with E-state index in [9.17, 15) is 14.0 Å². The van der Waals surface area contributed by atoms with E-state index in [1.165, 1.54) is 6.07 Å². The Hall–Kier alpha value is -1.99. The van der Waals surface area contributed by atoms with Crippen molar-refractivity contribution < 1.29 is 23.5 Å². The number of halogens is 2. The summed E-state index contributed by atoms with van der Waals surface area (Å²) in [4.78, 5) is 24.5. The monoisotopic (exact) mass is 379 g/mol. The van der Waals surface area contributed by atoms with Gasteiger partial charge in [0.15, 0.2) is 5.78 Å². The van der Waals surface area contributed by atoms with Gasteiger partial charge in [0.2, 0.25) is 0 Å². The van der Waals surface area contributed by atoms with E-state index in [4.69, 9.17) is 9.47 Å². The van der Waals surface area contributed by atoms with Crippen molar-refractivity contribution in [3.63, 3.8) is 0 Å². The molecule has 0 fully saturated rings. The molecule has 0 aliphatic carbocycles. The van der Waals surface area contributed by atoms with Crippen LogP contribution >= 0.6 is 15.9 Å². The number of ketones is 1. The molecule has 0 spiro atoms. The standard InChI is InChI=1S/C16H11BrFNO4/c17-8-3-7(1-2-9(8)18)13-14-10(4-22-6-12(14)20)19-11-5-23-16(21)15(11)13/h1-3,13,19H,4-6H2/t13-/m0/s1. The molecule has 4 rings (SSSR count). The van der Waals surface area contributed by atoms with Crippen molar-refractivity contribution in [1.29, 1.82) is 0 Å². The second-order valence-electron chi connectivity index (χ2n) is 5.51. The van der Waals surface area contributed by atoms with Crippen molar-refractivity contribution >= 4 is 27.7 Å². The molecule has 0 bridgehead atoms. The van der Waals surface area contributed by atoms with Crippen LogP contribution in [0.5, 0.6) is 0 Å². The van der Waals surface area contributed by atoms with Crippen LogP contribution in [0.1, 0.15) is 11.5 Å². The van der Waals surface area contributed by atoms with Gasteiger partial charge in [-0.25, -0.2) is 9.18 Å². The van der Waals surface area contributed by atoms with Gasteiger partial charge in [-0.3, -0.25) is 4.79 Å². The minimum Gasteiger partial charge on any atom is -0.456 e. The molecule has 0 aromatic heterocycles. The normalized spacial score (nSPS) is 23.5. The van der Waals surface area contributed by atoms with Crippen LogP contribution in [0.3, 0.4) is 0 Å². The third-order valence-electron chi connectivity index (χ3n) is 4.15. The Bertz CT molecular complexity index is 814. The number of rotatable bonds is 1. The molecule has 1 aromatic carbocycles. The lowest BCUT2D eigenvalue weighted by Gasteiger charge is -2.31. The van der Waals surface area contributed by atoms with E-state index in [2.05, 4.69) is 21.2 Å². The van der Waals surface area contributed by atoms with E-state index in [1.54, 1.807) is 12.1 Å². The fourth-order valence-electron chi connectivity index (χ4n) is 3.17. The second-order valence-corrected chi connectivity index (χ2v) is 6.36. The van der Waals surface area contributed by atoms with Gasteiger partial charge in [0.25, 0.3) is 0 Å². The maximum Gasteiger partial charge on any atom is 0.337 e. The first-order valence-corrected chi connectivity index (χ1v) is 7.81. The first kappa shape index (κ1) is 14.6. The number of ether oxygens (including phenoxy) is 2. The SMILES string of the molecule is O=C1COCC2=C1[C@H](c1ccc(F)c(Br)c1)C1=C(COC1=O)N2. The Morgan fingerprint density at radius 3 is 2.70 bits per heavy atom. The molecule has 1 atom stereocenters. The molecular formula is C16H11BrFNO4. The summed E-state index contributed by atoms with van der Waals surface area (Å²) >= 11 is 3.15. The van der Waals surface area contributed by atoms with Crippen molar-refractivity contribution in [2.45, 2.75) is 5.92 Å². The van der Waals surface area contributed by atoms with Gasteiger partial charge in [-0.15, -0.1) is 0 Å². The van der Waals surface area contributed by atoms with Crippen LogP contribution in [0.15, 0.2) is 45.2 Å². The Morgan fingerprint density at radius 2 is 1.91 bits per heavy atom. The largest absolute Gasteiger partial charge is 0.456 e. The first-order valence-electron chi connectivity index (χ1n) is 7.02. The maximum absolute atomic E-state index is 13.6. The fourth-order valence-corrected chi connectivity index (χ4v) is 3.57. The highest BCUT2D eigenvalue weighted by atomic mass is 79.9. The maximum atomic E-state index is 13.6. The summed E-state index contributed by atoms with van der Waals surface area (Å²) in [5.41, 5.74) is 2.85. The zero-order valence-corrected chi connectivity index (χ0v) is 13.4. The number of benzene rings is 1. The molecule has 0 amide bonds. The molecule has 0 saturated carbocycles. The first-order chi connectivity index (χ1) is 11.1. The van der Waals surface area contributed by atoms with Crippen molar-refractivity contribution in [2.75, 3.05) is 19.8 Å². The topological polar surface area (TPSA) is 64.6 Å². The number of dihydropyridines is 1. The van der Waals surface area contributed by atoms with Gasteiger partial charge < -0.3 is 14.8 Å². The van der Waals surface area contributed by atoms with Gasteiger partial charge in [-0.2, -0.15) is 0 Å².